The molecule has 2 aromatic carbocycles. The molecule has 1 amide bonds. The Labute approximate surface area is 128 Å². The van der Waals surface area contributed by atoms with E-state index in [0.717, 1.165) is 24.9 Å². The van der Waals surface area contributed by atoms with E-state index in [4.69, 9.17) is 11.6 Å². The van der Waals surface area contributed by atoms with Crippen molar-refractivity contribution in [1.29, 1.82) is 0 Å². The van der Waals surface area contributed by atoms with Gasteiger partial charge < -0.3 is 10.0 Å². The lowest BCUT2D eigenvalue weighted by Crippen LogP contribution is -2.31. The van der Waals surface area contributed by atoms with E-state index in [2.05, 4.69) is 6.07 Å². The summed E-state index contributed by atoms with van der Waals surface area (Å²) < 4.78 is 0. The summed E-state index contributed by atoms with van der Waals surface area (Å²) >= 11 is 5.95. The maximum absolute atomic E-state index is 12.8. The van der Waals surface area contributed by atoms with Crippen LogP contribution in [0.5, 0.6) is 5.75 Å². The van der Waals surface area contributed by atoms with Gasteiger partial charge in [0.15, 0.2) is 0 Å². The maximum atomic E-state index is 12.8. The number of hydrogen-bond acceptors (Lipinski definition) is 2. The number of phenolic OH excluding ortho intramolecular Hbond substituents is 1. The Morgan fingerprint density at radius 1 is 1.14 bits per heavy atom. The zero-order valence-corrected chi connectivity index (χ0v) is 12.3. The molecule has 3 rings (SSSR count). The lowest BCUT2D eigenvalue weighted by atomic mass is 10.1. The molecular weight excluding hydrogens is 286 g/mol. The molecule has 0 saturated carbocycles. The first-order chi connectivity index (χ1) is 10.2. The van der Waals surface area contributed by atoms with Gasteiger partial charge in [-0.25, -0.2) is 0 Å². The Bertz CT molecular complexity index is 684. The van der Waals surface area contributed by atoms with Crippen molar-refractivity contribution in [3.8, 4) is 5.75 Å². The Morgan fingerprint density at radius 3 is 2.81 bits per heavy atom. The van der Waals surface area contributed by atoms with Crippen molar-refractivity contribution in [1.82, 2.24) is 0 Å². The second-order valence-electron chi connectivity index (χ2n) is 5.20. The number of hydrogen-bond donors (Lipinski definition) is 1. The van der Waals surface area contributed by atoms with Crippen molar-refractivity contribution in [3.05, 3.63) is 58.6 Å². The van der Waals surface area contributed by atoms with Crippen molar-refractivity contribution in [2.75, 3.05) is 11.4 Å². The predicted octanol–water partition coefficient (Wildman–Crippen LogP) is 4.03. The number of rotatable bonds is 1. The largest absolute Gasteiger partial charge is 0.507 e. The van der Waals surface area contributed by atoms with Crippen LogP contribution in [-0.4, -0.2) is 17.6 Å². The van der Waals surface area contributed by atoms with E-state index in [9.17, 15) is 9.90 Å². The molecule has 0 fully saturated rings. The van der Waals surface area contributed by atoms with Crippen LogP contribution < -0.4 is 4.90 Å². The molecule has 108 valence electrons. The fraction of sp³-hybridized carbons (Fsp3) is 0.235. The van der Waals surface area contributed by atoms with Crippen molar-refractivity contribution >= 4 is 23.2 Å². The molecule has 4 heteroatoms. The number of benzene rings is 2. The fourth-order valence-corrected chi connectivity index (χ4v) is 2.90. The van der Waals surface area contributed by atoms with Crippen molar-refractivity contribution in [3.63, 3.8) is 0 Å². The number of nitrogens with zero attached hydrogens (tertiary/aromatic N) is 1. The first kappa shape index (κ1) is 14.0. The van der Waals surface area contributed by atoms with Crippen LogP contribution in [0.25, 0.3) is 0 Å². The molecule has 0 bridgehead atoms. The van der Waals surface area contributed by atoms with Crippen molar-refractivity contribution < 1.29 is 9.90 Å². The highest BCUT2D eigenvalue weighted by Gasteiger charge is 2.24. The fourth-order valence-electron chi connectivity index (χ4n) is 2.73. The maximum Gasteiger partial charge on any atom is 0.262 e. The molecule has 0 spiro atoms. The van der Waals surface area contributed by atoms with Crippen LogP contribution in [0.2, 0.25) is 5.02 Å². The van der Waals surface area contributed by atoms with Gasteiger partial charge in [-0.1, -0.05) is 29.8 Å². The summed E-state index contributed by atoms with van der Waals surface area (Å²) in [7, 11) is 0. The molecule has 21 heavy (non-hydrogen) atoms. The van der Waals surface area contributed by atoms with Crippen LogP contribution in [0.15, 0.2) is 42.5 Å². The van der Waals surface area contributed by atoms with E-state index in [1.807, 2.05) is 18.2 Å². The number of para-hydroxylation sites is 1. The van der Waals surface area contributed by atoms with Crippen LogP contribution in [-0.2, 0) is 6.42 Å². The standard InChI is InChI=1S/C17H16ClNO2/c18-13-8-9-16(20)14(11-13)17(21)19-10-4-3-6-12-5-1-2-7-15(12)19/h1-2,5,7-9,11,20H,3-4,6,10H2. The van der Waals surface area contributed by atoms with Gasteiger partial charge in [-0.3, -0.25) is 4.79 Å². The zero-order valence-electron chi connectivity index (χ0n) is 11.6. The average molecular weight is 302 g/mol. The lowest BCUT2D eigenvalue weighted by Gasteiger charge is -2.23. The molecule has 3 nitrogen and oxygen atoms in total. The number of carbonyl (C=O) groups is 1. The summed E-state index contributed by atoms with van der Waals surface area (Å²) in [5.41, 5.74) is 2.35. The highest BCUT2D eigenvalue weighted by Crippen LogP contribution is 2.30. The van der Waals surface area contributed by atoms with E-state index in [-0.39, 0.29) is 17.2 Å². The highest BCUT2D eigenvalue weighted by molar-refractivity contribution is 6.31. The number of fused-ring (bicyclic) bond motifs is 1. The van der Waals surface area contributed by atoms with Gasteiger partial charge in [-0.2, -0.15) is 0 Å². The summed E-state index contributed by atoms with van der Waals surface area (Å²) in [6.07, 6.45) is 2.98. The van der Waals surface area contributed by atoms with Gasteiger partial charge in [-0.05, 0) is 49.1 Å². The Morgan fingerprint density at radius 2 is 1.95 bits per heavy atom. The summed E-state index contributed by atoms with van der Waals surface area (Å²) in [6, 6.07) is 12.5. The third kappa shape index (κ3) is 2.74. The van der Waals surface area contributed by atoms with E-state index >= 15 is 0 Å². The third-order valence-electron chi connectivity index (χ3n) is 3.79. The third-order valence-corrected chi connectivity index (χ3v) is 4.03. The molecule has 0 aromatic heterocycles. The summed E-state index contributed by atoms with van der Waals surface area (Å²) in [5, 5.41) is 10.4. The van der Waals surface area contributed by atoms with E-state index in [1.165, 1.54) is 17.7 Å². The van der Waals surface area contributed by atoms with E-state index in [1.54, 1.807) is 11.0 Å². The Kier molecular flexibility index (Phi) is 3.84. The minimum Gasteiger partial charge on any atom is -0.507 e. The monoisotopic (exact) mass is 301 g/mol. The molecule has 1 N–H and O–H groups in total. The molecule has 0 saturated heterocycles. The van der Waals surface area contributed by atoms with Gasteiger partial charge in [-0.15, -0.1) is 0 Å². The van der Waals surface area contributed by atoms with Gasteiger partial charge in [0.25, 0.3) is 5.91 Å². The van der Waals surface area contributed by atoms with E-state index in [0.29, 0.717) is 11.6 Å². The van der Waals surface area contributed by atoms with E-state index < -0.39 is 0 Å². The molecule has 1 heterocycles. The number of aromatic hydroxyl groups is 1. The normalized spacial score (nSPS) is 14.4. The zero-order chi connectivity index (χ0) is 14.8. The second kappa shape index (κ2) is 5.78. The predicted molar refractivity (Wildman–Crippen MR) is 84.2 cm³/mol. The molecule has 0 atom stereocenters. The molecule has 1 aliphatic rings. The number of carbonyl (C=O) groups excluding carboxylic acids is 1. The Balaban J connectivity index is 2.03. The lowest BCUT2D eigenvalue weighted by molar-refractivity contribution is 0.0984. The van der Waals surface area contributed by atoms with Gasteiger partial charge in [0.2, 0.25) is 0 Å². The van der Waals surface area contributed by atoms with Crippen molar-refractivity contribution in [2.24, 2.45) is 0 Å². The SMILES string of the molecule is O=C(c1cc(Cl)ccc1O)N1CCCCc2ccccc21. The van der Waals surface area contributed by atoms with Crippen molar-refractivity contribution in [2.45, 2.75) is 19.3 Å². The summed E-state index contributed by atoms with van der Waals surface area (Å²) in [5.74, 6) is -0.240. The smallest absolute Gasteiger partial charge is 0.262 e. The molecule has 2 aromatic rings. The quantitative estimate of drug-likeness (QED) is 0.864. The molecule has 0 unspecified atom stereocenters. The average Bonchev–Trinajstić information content (AvgIpc) is 2.71. The number of aryl methyl sites for hydroxylation is 1. The first-order valence-corrected chi connectivity index (χ1v) is 7.43. The van der Waals surface area contributed by atoms with Crippen LogP contribution >= 0.6 is 11.6 Å². The van der Waals surface area contributed by atoms with Gasteiger partial charge in [0.1, 0.15) is 5.75 Å². The van der Waals surface area contributed by atoms with Crippen LogP contribution in [0.1, 0.15) is 28.8 Å². The van der Waals surface area contributed by atoms with Gasteiger partial charge >= 0.3 is 0 Å². The topological polar surface area (TPSA) is 40.5 Å². The first-order valence-electron chi connectivity index (χ1n) is 7.05. The number of halogens is 1. The number of anilines is 1. The number of amides is 1. The van der Waals surface area contributed by atoms with Gasteiger partial charge in [0, 0.05) is 17.3 Å². The van der Waals surface area contributed by atoms with Crippen LogP contribution in [0.3, 0.4) is 0 Å². The summed E-state index contributed by atoms with van der Waals surface area (Å²) in [4.78, 5) is 14.5. The molecule has 0 aliphatic carbocycles. The minimum absolute atomic E-state index is 0.0360. The van der Waals surface area contributed by atoms with Crippen LogP contribution in [0.4, 0.5) is 5.69 Å². The second-order valence-corrected chi connectivity index (χ2v) is 5.64. The Hall–Kier alpha value is -2.00. The molecular formula is C17H16ClNO2. The number of phenols is 1. The molecule has 1 aliphatic heterocycles. The van der Waals surface area contributed by atoms with Gasteiger partial charge in [0.05, 0.1) is 5.56 Å². The summed E-state index contributed by atoms with van der Waals surface area (Å²) in [6.45, 7) is 0.655. The highest BCUT2D eigenvalue weighted by atomic mass is 35.5. The minimum atomic E-state index is -0.204. The molecule has 0 radical (unpaired) electrons. The van der Waals surface area contributed by atoms with Crippen LogP contribution in [0, 0.1) is 0 Å².